The van der Waals surface area contributed by atoms with E-state index in [2.05, 4.69) is 21.8 Å². The first-order chi connectivity index (χ1) is 10.1. The van der Waals surface area contributed by atoms with Gasteiger partial charge in [0.1, 0.15) is 11.4 Å². The summed E-state index contributed by atoms with van der Waals surface area (Å²) in [5, 5.41) is 9.48. The van der Waals surface area contributed by atoms with Crippen molar-refractivity contribution in [3.8, 4) is 0 Å². The molecule has 21 heavy (non-hydrogen) atoms. The molecule has 5 nitrogen and oxygen atoms in total. The number of piperidine rings is 2. The van der Waals surface area contributed by atoms with E-state index in [1.54, 1.807) is 12.3 Å². The molecule has 2 aliphatic heterocycles. The fourth-order valence-corrected chi connectivity index (χ4v) is 3.89. The van der Waals surface area contributed by atoms with Crippen molar-refractivity contribution in [3.05, 3.63) is 23.4 Å². The minimum absolute atomic E-state index is 0.361. The number of aromatic nitrogens is 1. The summed E-state index contributed by atoms with van der Waals surface area (Å²) in [5.41, 5.74) is 1.15. The third-order valence-electron chi connectivity index (χ3n) is 5.00. The van der Waals surface area contributed by atoms with Crippen LogP contribution < -0.4 is 4.90 Å². The smallest absolute Gasteiger partial charge is 0.339 e. The lowest BCUT2D eigenvalue weighted by Crippen LogP contribution is -2.53. The minimum atomic E-state index is -0.876. The summed E-state index contributed by atoms with van der Waals surface area (Å²) in [6, 6.07) is 2.42. The predicted molar refractivity (Wildman–Crippen MR) is 81.9 cm³/mol. The molecule has 1 aromatic heterocycles. The van der Waals surface area contributed by atoms with Crippen molar-refractivity contribution in [2.45, 2.75) is 32.2 Å². The summed E-state index contributed by atoms with van der Waals surface area (Å²) < 4.78 is 0. The molecule has 2 saturated heterocycles. The van der Waals surface area contributed by atoms with Gasteiger partial charge in [-0.05, 0) is 57.3 Å². The molecule has 0 aromatic carbocycles. The molecule has 1 aromatic rings. The lowest BCUT2D eigenvalue weighted by molar-refractivity contribution is 0.0695. The van der Waals surface area contributed by atoms with Crippen molar-refractivity contribution >= 4 is 11.8 Å². The van der Waals surface area contributed by atoms with Gasteiger partial charge in [0.2, 0.25) is 0 Å². The molecule has 0 radical (unpaired) electrons. The number of carboxylic acid groups (broad SMARTS) is 1. The maximum atomic E-state index is 11.5. The standard InChI is InChI=1S/C16H23N3O2/c1-11-5-7-17-15(14(11)16(20)21)19-9-6-13-12(10-19)4-3-8-18(13)2/h5,7,12-13H,3-4,6,8-10H2,1-2H3,(H,20,21). The van der Waals surface area contributed by atoms with Crippen molar-refractivity contribution < 1.29 is 9.90 Å². The highest BCUT2D eigenvalue weighted by atomic mass is 16.4. The zero-order valence-corrected chi connectivity index (χ0v) is 12.7. The van der Waals surface area contributed by atoms with Crippen molar-refractivity contribution in [2.75, 3.05) is 31.6 Å². The Kier molecular flexibility index (Phi) is 3.85. The van der Waals surface area contributed by atoms with E-state index in [4.69, 9.17) is 0 Å². The summed E-state index contributed by atoms with van der Waals surface area (Å²) in [5.74, 6) is 0.397. The molecule has 0 aliphatic carbocycles. The van der Waals surface area contributed by atoms with Gasteiger partial charge in [-0.15, -0.1) is 0 Å². The van der Waals surface area contributed by atoms with E-state index in [0.29, 0.717) is 23.3 Å². The summed E-state index contributed by atoms with van der Waals surface area (Å²) in [4.78, 5) is 20.6. The maximum absolute atomic E-state index is 11.5. The number of aryl methyl sites for hydroxylation is 1. The number of aromatic carboxylic acids is 1. The summed E-state index contributed by atoms with van der Waals surface area (Å²) >= 11 is 0. The van der Waals surface area contributed by atoms with Gasteiger partial charge < -0.3 is 14.9 Å². The first kappa shape index (κ1) is 14.3. The Labute approximate surface area is 125 Å². The van der Waals surface area contributed by atoms with Crippen LogP contribution in [0.15, 0.2) is 12.3 Å². The summed E-state index contributed by atoms with van der Waals surface area (Å²) in [6.45, 7) is 4.84. The minimum Gasteiger partial charge on any atom is -0.478 e. The van der Waals surface area contributed by atoms with Crippen molar-refractivity contribution in [1.29, 1.82) is 0 Å². The number of carbonyl (C=O) groups is 1. The lowest BCUT2D eigenvalue weighted by Gasteiger charge is -2.46. The molecule has 3 rings (SSSR count). The molecule has 2 atom stereocenters. The third-order valence-corrected chi connectivity index (χ3v) is 5.00. The second-order valence-corrected chi connectivity index (χ2v) is 6.32. The third kappa shape index (κ3) is 2.62. The molecular formula is C16H23N3O2. The van der Waals surface area contributed by atoms with Crippen LogP contribution in [0.3, 0.4) is 0 Å². The number of fused-ring (bicyclic) bond motifs is 1. The van der Waals surface area contributed by atoms with E-state index in [0.717, 1.165) is 25.1 Å². The largest absolute Gasteiger partial charge is 0.478 e. The number of hydrogen-bond acceptors (Lipinski definition) is 4. The quantitative estimate of drug-likeness (QED) is 0.902. The van der Waals surface area contributed by atoms with E-state index >= 15 is 0 Å². The molecule has 114 valence electrons. The first-order valence-corrected chi connectivity index (χ1v) is 7.72. The number of likely N-dealkylation sites (tertiary alicyclic amines) is 1. The highest BCUT2D eigenvalue weighted by molar-refractivity contribution is 5.95. The Balaban J connectivity index is 1.86. The second kappa shape index (κ2) is 5.64. The van der Waals surface area contributed by atoms with Crippen LogP contribution in [0.25, 0.3) is 0 Å². The monoisotopic (exact) mass is 289 g/mol. The Morgan fingerprint density at radius 3 is 2.95 bits per heavy atom. The van der Waals surface area contributed by atoms with Gasteiger partial charge in [0.15, 0.2) is 0 Å². The molecule has 0 bridgehead atoms. The Bertz CT molecular complexity index is 546. The molecule has 2 aliphatic rings. The average molecular weight is 289 g/mol. The van der Waals surface area contributed by atoms with Crippen LogP contribution in [-0.4, -0.2) is 53.7 Å². The van der Waals surface area contributed by atoms with E-state index in [9.17, 15) is 9.90 Å². The molecule has 2 unspecified atom stereocenters. The van der Waals surface area contributed by atoms with E-state index < -0.39 is 5.97 Å². The Morgan fingerprint density at radius 2 is 2.19 bits per heavy atom. The maximum Gasteiger partial charge on any atom is 0.339 e. The molecule has 3 heterocycles. The van der Waals surface area contributed by atoms with Gasteiger partial charge in [-0.25, -0.2) is 9.78 Å². The van der Waals surface area contributed by atoms with Gasteiger partial charge in [0.25, 0.3) is 0 Å². The van der Waals surface area contributed by atoms with Crippen LogP contribution in [0, 0.1) is 12.8 Å². The zero-order valence-electron chi connectivity index (χ0n) is 12.7. The zero-order chi connectivity index (χ0) is 15.0. The average Bonchev–Trinajstić information content (AvgIpc) is 2.46. The number of anilines is 1. The van der Waals surface area contributed by atoms with Crippen molar-refractivity contribution in [3.63, 3.8) is 0 Å². The molecular weight excluding hydrogens is 266 g/mol. The first-order valence-electron chi connectivity index (χ1n) is 7.72. The van der Waals surface area contributed by atoms with Crippen LogP contribution in [0.2, 0.25) is 0 Å². The number of pyridine rings is 1. The van der Waals surface area contributed by atoms with Crippen LogP contribution in [0.5, 0.6) is 0 Å². The number of rotatable bonds is 2. The van der Waals surface area contributed by atoms with Crippen LogP contribution in [0.4, 0.5) is 5.82 Å². The Hall–Kier alpha value is -1.62. The second-order valence-electron chi connectivity index (χ2n) is 6.32. The van der Waals surface area contributed by atoms with Crippen LogP contribution in [0.1, 0.15) is 35.2 Å². The summed E-state index contributed by atoms with van der Waals surface area (Å²) in [7, 11) is 2.21. The molecule has 5 heteroatoms. The van der Waals surface area contributed by atoms with Crippen molar-refractivity contribution in [1.82, 2.24) is 9.88 Å². The van der Waals surface area contributed by atoms with Crippen molar-refractivity contribution in [2.24, 2.45) is 5.92 Å². The topological polar surface area (TPSA) is 56.7 Å². The van der Waals surface area contributed by atoms with Crippen LogP contribution in [-0.2, 0) is 0 Å². The highest BCUT2D eigenvalue weighted by Gasteiger charge is 2.35. The molecule has 1 N–H and O–H groups in total. The van der Waals surface area contributed by atoms with Gasteiger partial charge in [-0.2, -0.15) is 0 Å². The van der Waals surface area contributed by atoms with E-state index in [1.807, 2.05) is 6.92 Å². The predicted octanol–water partition coefficient (Wildman–Crippen LogP) is 2.01. The molecule has 0 amide bonds. The molecule has 0 saturated carbocycles. The number of nitrogens with zero attached hydrogens (tertiary/aromatic N) is 3. The fourth-order valence-electron chi connectivity index (χ4n) is 3.89. The lowest BCUT2D eigenvalue weighted by atomic mass is 9.84. The van der Waals surface area contributed by atoms with Gasteiger partial charge in [-0.1, -0.05) is 0 Å². The van der Waals surface area contributed by atoms with E-state index in [1.165, 1.54) is 19.4 Å². The van der Waals surface area contributed by atoms with Gasteiger partial charge in [0.05, 0.1) is 0 Å². The van der Waals surface area contributed by atoms with Gasteiger partial charge >= 0.3 is 5.97 Å². The van der Waals surface area contributed by atoms with Gasteiger partial charge in [-0.3, -0.25) is 0 Å². The number of hydrogen-bond donors (Lipinski definition) is 1. The normalized spacial score (nSPS) is 26.5. The summed E-state index contributed by atoms with van der Waals surface area (Å²) in [6.07, 6.45) is 5.28. The van der Waals surface area contributed by atoms with Crippen LogP contribution >= 0.6 is 0 Å². The van der Waals surface area contributed by atoms with Gasteiger partial charge in [0, 0.05) is 25.3 Å². The fraction of sp³-hybridized carbons (Fsp3) is 0.625. The Morgan fingerprint density at radius 1 is 1.38 bits per heavy atom. The van der Waals surface area contributed by atoms with E-state index in [-0.39, 0.29) is 0 Å². The number of carboxylic acids is 1. The molecule has 0 spiro atoms. The SMILES string of the molecule is Cc1ccnc(N2CCC3C(CCCN3C)C2)c1C(=O)O. The molecule has 2 fully saturated rings. The highest BCUT2D eigenvalue weighted by Crippen LogP contribution is 2.32.